The Labute approximate surface area is 239 Å². The number of benzene rings is 2. The highest BCUT2D eigenvalue weighted by atomic mass is 32.2. The van der Waals surface area contributed by atoms with E-state index in [4.69, 9.17) is 5.10 Å². The molecule has 41 heavy (non-hydrogen) atoms. The molecule has 3 unspecified atom stereocenters. The number of hydrogen-bond donors (Lipinski definition) is 2. The van der Waals surface area contributed by atoms with Crippen LogP contribution in [0.3, 0.4) is 0 Å². The topological polar surface area (TPSA) is 128 Å². The zero-order chi connectivity index (χ0) is 29.1. The number of aromatic nitrogens is 2. The lowest BCUT2D eigenvalue weighted by Crippen LogP contribution is -2.40. The van der Waals surface area contributed by atoms with E-state index in [0.717, 1.165) is 36.1 Å². The van der Waals surface area contributed by atoms with Crippen LogP contribution in [0, 0.1) is 23.1 Å². The molecule has 2 aromatic carbocycles. The van der Waals surface area contributed by atoms with Crippen LogP contribution in [-0.4, -0.2) is 59.8 Å². The first-order valence-electron chi connectivity index (χ1n) is 13.9. The van der Waals surface area contributed by atoms with Gasteiger partial charge in [0.05, 0.1) is 41.3 Å². The lowest BCUT2D eigenvalue weighted by molar-refractivity contribution is -0.126. The summed E-state index contributed by atoms with van der Waals surface area (Å²) in [5.41, 5.74) is 4.23. The third kappa shape index (κ3) is 6.14. The van der Waals surface area contributed by atoms with Crippen molar-refractivity contribution in [2.75, 3.05) is 29.5 Å². The fourth-order valence-corrected chi connectivity index (χ4v) is 7.12. The van der Waals surface area contributed by atoms with E-state index in [0.29, 0.717) is 36.6 Å². The number of anilines is 1. The quantitative estimate of drug-likeness (QED) is 0.437. The molecule has 2 N–H and O–H groups in total. The molecule has 216 valence electrons. The Balaban J connectivity index is 1.58. The predicted octanol–water partition coefficient (Wildman–Crippen LogP) is 3.71. The second kappa shape index (κ2) is 12.0. The summed E-state index contributed by atoms with van der Waals surface area (Å²) >= 11 is 0. The van der Waals surface area contributed by atoms with Crippen molar-refractivity contribution in [2.24, 2.45) is 5.92 Å². The van der Waals surface area contributed by atoms with E-state index in [2.05, 4.69) is 11.4 Å². The number of sulfone groups is 1. The van der Waals surface area contributed by atoms with Crippen molar-refractivity contribution in [2.45, 2.75) is 51.2 Å². The number of aliphatic hydroxyl groups is 1. The zero-order valence-electron chi connectivity index (χ0n) is 23.0. The molecule has 3 atom stereocenters. The molecule has 1 amide bonds. The molecule has 9 nitrogen and oxygen atoms in total. The van der Waals surface area contributed by atoms with Gasteiger partial charge in [0.15, 0.2) is 9.84 Å². The van der Waals surface area contributed by atoms with Crippen LogP contribution < -0.4 is 10.2 Å². The molecule has 0 radical (unpaired) electrons. The summed E-state index contributed by atoms with van der Waals surface area (Å²) in [6.45, 7) is 2.17. The number of carbonyl (C=O) groups is 1. The Bertz CT molecular complexity index is 1530. The molecule has 1 aromatic heterocycles. The molecule has 3 aromatic rings. The van der Waals surface area contributed by atoms with E-state index in [9.17, 15) is 28.0 Å². The second-order valence-electron chi connectivity index (χ2n) is 10.8. The Morgan fingerprint density at radius 3 is 2.37 bits per heavy atom. The van der Waals surface area contributed by atoms with E-state index < -0.39 is 21.8 Å². The Hall–Kier alpha value is -3.75. The van der Waals surface area contributed by atoms with Crippen LogP contribution in [0.2, 0.25) is 0 Å². The van der Waals surface area contributed by atoms with Crippen LogP contribution in [0.15, 0.2) is 48.5 Å². The van der Waals surface area contributed by atoms with E-state index in [1.165, 1.54) is 12.1 Å². The number of carbonyl (C=O) groups excluding carboxylic acids is 1. The van der Waals surface area contributed by atoms with E-state index in [-0.39, 0.29) is 35.8 Å². The largest absolute Gasteiger partial charge is 0.390 e. The maximum Gasteiger partial charge on any atom is 0.224 e. The summed E-state index contributed by atoms with van der Waals surface area (Å²) in [6.07, 6.45) is 3.17. The van der Waals surface area contributed by atoms with Crippen molar-refractivity contribution < 1.29 is 22.7 Å². The molecule has 1 aliphatic carbocycles. The Kier molecular flexibility index (Phi) is 8.42. The minimum Gasteiger partial charge on any atom is -0.390 e. The maximum atomic E-state index is 13.7. The molecule has 1 saturated heterocycles. The molecular formula is C30H34FN5O4S. The van der Waals surface area contributed by atoms with E-state index in [1.54, 1.807) is 23.7 Å². The fourth-order valence-electron chi connectivity index (χ4n) is 5.92. The summed E-state index contributed by atoms with van der Waals surface area (Å²) in [7, 11) is -3.00. The fraction of sp³-hybridized carbons (Fsp3) is 0.433. The summed E-state index contributed by atoms with van der Waals surface area (Å²) < 4.78 is 39.1. The number of rotatable bonds is 7. The van der Waals surface area contributed by atoms with Crippen molar-refractivity contribution in [3.05, 3.63) is 65.7 Å². The number of nitriles is 1. The van der Waals surface area contributed by atoms with Gasteiger partial charge in [0.25, 0.3) is 0 Å². The van der Waals surface area contributed by atoms with Crippen LogP contribution in [0.1, 0.15) is 49.9 Å². The minimum absolute atomic E-state index is 0.119. The summed E-state index contributed by atoms with van der Waals surface area (Å²) in [5.74, 6) is -0.976. The molecule has 2 aliphatic rings. The first kappa shape index (κ1) is 28.8. The lowest BCUT2D eigenvalue weighted by atomic mass is 9.75. The van der Waals surface area contributed by atoms with Gasteiger partial charge in [0.1, 0.15) is 11.9 Å². The average molecular weight is 580 g/mol. The van der Waals surface area contributed by atoms with E-state index in [1.807, 2.05) is 29.2 Å². The lowest BCUT2D eigenvalue weighted by Gasteiger charge is -2.31. The van der Waals surface area contributed by atoms with Crippen LogP contribution >= 0.6 is 0 Å². The smallest absolute Gasteiger partial charge is 0.224 e. The second-order valence-corrected chi connectivity index (χ2v) is 13.1. The molecular weight excluding hydrogens is 545 g/mol. The minimum atomic E-state index is -3.00. The van der Waals surface area contributed by atoms with Crippen molar-refractivity contribution in [1.29, 1.82) is 5.26 Å². The molecule has 1 aliphatic heterocycles. The van der Waals surface area contributed by atoms with Gasteiger partial charge in [0, 0.05) is 36.2 Å². The monoisotopic (exact) mass is 579 g/mol. The van der Waals surface area contributed by atoms with Crippen molar-refractivity contribution in [3.8, 4) is 22.9 Å². The third-order valence-electron chi connectivity index (χ3n) is 8.10. The third-order valence-corrected chi connectivity index (χ3v) is 9.71. The predicted molar refractivity (Wildman–Crippen MR) is 154 cm³/mol. The highest BCUT2D eigenvalue weighted by Crippen LogP contribution is 2.43. The van der Waals surface area contributed by atoms with Gasteiger partial charge < -0.3 is 15.3 Å². The van der Waals surface area contributed by atoms with Gasteiger partial charge in [0.2, 0.25) is 5.91 Å². The number of hydrogen-bond acceptors (Lipinski definition) is 7. The molecule has 1 saturated carbocycles. The molecule has 5 rings (SSSR count). The van der Waals surface area contributed by atoms with Gasteiger partial charge in [-0.05, 0) is 61.7 Å². The van der Waals surface area contributed by atoms with Gasteiger partial charge in [-0.3, -0.25) is 4.79 Å². The first-order chi connectivity index (χ1) is 19.7. The molecule has 2 fully saturated rings. The zero-order valence-corrected chi connectivity index (χ0v) is 23.8. The standard InChI is InChI=1S/C30H34FN5O4S/c1-20(18-32)33-30(38)26-5-3-2-4-25(26)29-28(27(19-37)36(34-29)24-12-8-22(31)9-13-24)21-6-10-23(11-7-21)35-14-16-41(39,40)17-15-35/h6-13,20,25-26,37H,2-5,14-17,19H2,1H3,(H,33,38). The van der Waals surface area contributed by atoms with E-state index >= 15 is 0 Å². The van der Waals surface area contributed by atoms with Gasteiger partial charge in [-0.25, -0.2) is 17.5 Å². The Morgan fingerprint density at radius 2 is 1.73 bits per heavy atom. The van der Waals surface area contributed by atoms with Crippen LogP contribution in [0.5, 0.6) is 0 Å². The van der Waals surface area contributed by atoms with Crippen molar-refractivity contribution >= 4 is 21.4 Å². The number of aliphatic hydroxyl groups excluding tert-OH is 1. The SMILES string of the molecule is CC(C#N)NC(=O)C1CCCCC1c1nn(-c2ccc(F)cc2)c(CO)c1-c1ccc(N2CCS(=O)(=O)CC2)cc1. The summed E-state index contributed by atoms with van der Waals surface area (Å²) in [5, 5.41) is 27.6. The highest BCUT2D eigenvalue weighted by Gasteiger charge is 2.37. The Morgan fingerprint density at radius 1 is 1.10 bits per heavy atom. The van der Waals surface area contributed by atoms with Crippen molar-refractivity contribution in [1.82, 2.24) is 15.1 Å². The number of nitrogens with zero attached hydrogens (tertiary/aromatic N) is 4. The number of halogens is 1. The average Bonchev–Trinajstić information content (AvgIpc) is 3.37. The molecule has 2 heterocycles. The van der Waals surface area contributed by atoms with Crippen LogP contribution in [0.4, 0.5) is 10.1 Å². The van der Waals surface area contributed by atoms with Gasteiger partial charge in [-0.2, -0.15) is 10.4 Å². The van der Waals surface area contributed by atoms with Crippen LogP contribution in [0.25, 0.3) is 16.8 Å². The van der Waals surface area contributed by atoms with Crippen LogP contribution in [-0.2, 0) is 21.2 Å². The number of nitrogens with one attached hydrogen (secondary N) is 1. The first-order valence-corrected chi connectivity index (χ1v) is 15.8. The normalized spacial score (nSPS) is 21.2. The summed E-state index contributed by atoms with van der Waals surface area (Å²) in [4.78, 5) is 15.3. The highest BCUT2D eigenvalue weighted by molar-refractivity contribution is 7.91. The molecule has 0 bridgehead atoms. The maximum absolute atomic E-state index is 13.7. The van der Waals surface area contributed by atoms with Gasteiger partial charge in [-0.15, -0.1) is 0 Å². The molecule has 11 heteroatoms. The van der Waals surface area contributed by atoms with Gasteiger partial charge in [-0.1, -0.05) is 25.0 Å². The van der Waals surface area contributed by atoms with Crippen molar-refractivity contribution in [3.63, 3.8) is 0 Å². The van der Waals surface area contributed by atoms with Gasteiger partial charge >= 0.3 is 0 Å². The summed E-state index contributed by atoms with van der Waals surface area (Å²) in [6, 6.07) is 15.1. The molecule has 0 spiro atoms. The number of amides is 1.